The molecular weight excluding hydrogens is 216 g/mol. The second-order valence-electron chi connectivity index (χ2n) is 2.48. The van der Waals surface area contributed by atoms with Gasteiger partial charge in [0.2, 0.25) is 0 Å². The van der Waals surface area contributed by atoms with Gasteiger partial charge in [0.15, 0.2) is 11.6 Å². The molecule has 0 saturated heterocycles. The SMILES string of the molecule is COc1c(Cl)cc(F)c(F)c1CON. The highest BCUT2D eigenvalue weighted by molar-refractivity contribution is 6.32. The van der Waals surface area contributed by atoms with Crippen molar-refractivity contribution in [2.45, 2.75) is 6.61 Å². The van der Waals surface area contributed by atoms with Gasteiger partial charge in [-0.15, -0.1) is 0 Å². The van der Waals surface area contributed by atoms with E-state index in [1.807, 2.05) is 0 Å². The van der Waals surface area contributed by atoms with Crippen LogP contribution in [-0.4, -0.2) is 7.11 Å². The van der Waals surface area contributed by atoms with Gasteiger partial charge in [0.1, 0.15) is 5.75 Å². The number of hydrogen-bond acceptors (Lipinski definition) is 3. The topological polar surface area (TPSA) is 44.5 Å². The Morgan fingerprint density at radius 2 is 2.14 bits per heavy atom. The number of rotatable bonds is 3. The summed E-state index contributed by atoms with van der Waals surface area (Å²) >= 11 is 5.61. The highest BCUT2D eigenvalue weighted by Crippen LogP contribution is 2.32. The first-order valence-electron chi connectivity index (χ1n) is 3.63. The van der Waals surface area contributed by atoms with Gasteiger partial charge in [-0.2, -0.15) is 0 Å². The molecule has 78 valence electrons. The van der Waals surface area contributed by atoms with Crippen LogP contribution in [0, 0.1) is 11.6 Å². The van der Waals surface area contributed by atoms with Crippen molar-refractivity contribution in [1.29, 1.82) is 0 Å². The quantitative estimate of drug-likeness (QED) is 0.630. The van der Waals surface area contributed by atoms with E-state index in [9.17, 15) is 8.78 Å². The molecular formula is C8H8ClF2NO2. The van der Waals surface area contributed by atoms with Gasteiger partial charge in [0.05, 0.1) is 24.3 Å². The van der Waals surface area contributed by atoms with Crippen molar-refractivity contribution >= 4 is 11.6 Å². The van der Waals surface area contributed by atoms with Crippen LogP contribution in [0.15, 0.2) is 6.07 Å². The maximum absolute atomic E-state index is 13.2. The fourth-order valence-electron chi connectivity index (χ4n) is 1.06. The summed E-state index contributed by atoms with van der Waals surface area (Å²) in [6.07, 6.45) is 0. The minimum Gasteiger partial charge on any atom is -0.495 e. The van der Waals surface area contributed by atoms with E-state index >= 15 is 0 Å². The van der Waals surface area contributed by atoms with Crippen molar-refractivity contribution in [2.24, 2.45) is 5.90 Å². The summed E-state index contributed by atoms with van der Waals surface area (Å²) < 4.78 is 30.8. The predicted octanol–water partition coefficient (Wildman–Crippen LogP) is 2.02. The molecule has 0 aliphatic carbocycles. The Balaban J connectivity index is 3.32. The van der Waals surface area contributed by atoms with Crippen LogP contribution >= 0.6 is 11.6 Å². The third kappa shape index (κ3) is 1.95. The Morgan fingerprint density at radius 1 is 1.50 bits per heavy atom. The minimum atomic E-state index is -1.07. The molecule has 0 heterocycles. The van der Waals surface area contributed by atoms with E-state index in [0.29, 0.717) is 0 Å². The lowest BCUT2D eigenvalue weighted by Gasteiger charge is -2.10. The molecule has 6 heteroatoms. The van der Waals surface area contributed by atoms with Crippen molar-refractivity contribution in [3.05, 3.63) is 28.3 Å². The van der Waals surface area contributed by atoms with E-state index in [4.69, 9.17) is 22.2 Å². The largest absolute Gasteiger partial charge is 0.495 e. The van der Waals surface area contributed by atoms with Gasteiger partial charge < -0.3 is 4.74 Å². The third-order valence-electron chi connectivity index (χ3n) is 1.65. The van der Waals surface area contributed by atoms with Gasteiger partial charge in [-0.3, -0.25) is 4.84 Å². The van der Waals surface area contributed by atoms with Gasteiger partial charge in [-0.25, -0.2) is 14.7 Å². The van der Waals surface area contributed by atoms with Crippen LogP contribution < -0.4 is 10.6 Å². The molecule has 0 spiro atoms. The lowest BCUT2D eigenvalue weighted by atomic mass is 10.2. The van der Waals surface area contributed by atoms with E-state index in [1.165, 1.54) is 7.11 Å². The van der Waals surface area contributed by atoms with Crippen molar-refractivity contribution in [3.63, 3.8) is 0 Å². The number of benzene rings is 1. The van der Waals surface area contributed by atoms with Crippen molar-refractivity contribution < 1.29 is 18.4 Å². The molecule has 14 heavy (non-hydrogen) atoms. The summed E-state index contributed by atoms with van der Waals surface area (Å²) in [6.45, 7) is -0.313. The van der Waals surface area contributed by atoms with E-state index in [0.717, 1.165) is 6.07 Å². The highest BCUT2D eigenvalue weighted by atomic mass is 35.5. The Bertz CT molecular complexity index is 347. The standard InChI is InChI=1S/C8H8ClF2NO2/c1-13-8-4(3-14-12)7(11)6(10)2-5(8)9/h2H,3,12H2,1H3. The Labute approximate surface area is 84.3 Å². The Kier molecular flexibility index (Phi) is 3.62. The van der Waals surface area contributed by atoms with Crippen molar-refractivity contribution in [1.82, 2.24) is 0 Å². The summed E-state index contributed by atoms with van der Waals surface area (Å²) in [7, 11) is 1.29. The molecule has 0 aliphatic rings. The van der Waals surface area contributed by atoms with Crippen molar-refractivity contribution in [2.75, 3.05) is 7.11 Å². The van der Waals surface area contributed by atoms with Crippen LogP contribution in [0.2, 0.25) is 5.02 Å². The predicted molar refractivity (Wildman–Crippen MR) is 46.9 cm³/mol. The van der Waals surface area contributed by atoms with E-state index in [1.54, 1.807) is 0 Å². The number of methoxy groups -OCH3 is 1. The molecule has 0 saturated carbocycles. The normalized spacial score (nSPS) is 10.4. The molecule has 0 radical (unpaired) electrons. The van der Waals surface area contributed by atoms with E-state index in [2.05, 4.69) is 4.84 Å². The monoisotopic (exact) mass is 223 g/mol. The van der Waals surface area contributed by atoms with E-state index in [-0.39, 0.29) is 22.9 Å². The van der Waals surface area contributed by atoms with Gasteiger partial charge in [-0.05, 0) is 6.07 Å². The first kappa shape index (κ1) is 11.2. The summed E-state index contributed by atoms with van der Waals surface area (Å²) in [5.41, 5.74) is -0.139. The zero-order chi connectivity index (χ0) is 10.7. The summed E-state index contributed by atoms with van der Waals surface area (Å²) in [4.78, 5) is 4.22. The highest BCUT2D eigenvalue weighted by Gasteiger charge is 2.18. The van der Waals surface area contributed by atoms with Gasteiger partial charge in [0.25, 0.3) is 0 Å². The molecule has 0 unspecified atom stereocenters. The Morgan fingerprint density at radius 3 is 2.64 bits per heavy atom. The average Bonchev–Trinajstić information content (AvgIpc) is 2.14. The summed E-state index contributed by atoms with van der Waals surface area (Å²) in [5, 5.41) is -0.0292. The number of halogens is 3. The van der Waals surface area contributed by atoms with Crippen LogP contribution in [0.5, 0.6) is 5.75 Å². The molecule has 3 nitrogen and oxygen atoms in total. The fourth-order valence-corrected chi connectivity index (χ4v) is 1.35. The Hall–Kier alpha value is -0.910. The molecule has 2 N–H and O–H groups in total. The number of ether oxygens (including phenoxy) is 1. The molecule has 0 atom stereocenters. The van der Waals surface area contributed by atoms with Crippen LogP contribution in [0.3, 0.4) is 0 Å². The summed E-state index contributed by atoms with van der Waals surface area (Å²) in [6, 6.07) is 0.829. The van der Waals surface area contributed by atoms with E-state index < -0.39 is 11.6 Å². The first-order chi connectivity index (χ1) is 6.61. The first-order valence-corrected chi connectivity index (χ1v) is 4.01. The van der Waals surface area contributed by atoms with Gasteiger partial charge in [-0.1, -0.05) is 11.6 Å². The van der Waals surface area contributed by atoms with Crippen LogP contribution in [0.4, 0.5) is 8.78 Å². The molecule has 0 fully saturated rings. The van der Waals surface area contributed by atoms with Crippen molar-refractivity contribution in [3.8, 4) is 5.75 Å². The smallest absolute Gasteiger partial charge is 0.168 e. The van der Waals surface area contributed by atoms with Gasteiger partial charge >= 0.3 is 0 Å². The van der Waals surface area contributed by atoms with Gasteiger partial charge in [0, 0.05) is 0 Å². The average molecular weight is 224 g/mol. The molecule has 0 bridgehead atoms. The molecule has 1 aromatic carbocycles. The zero-order valence-electron chi connectivity index (χ0n) is 7.31. The molecule has 1 rings (SSSR count). The second-order valence-corrected chi connectivity index (χ2v) is 2.88. The van der Waals surface area contributed by atoms with Crippen LogP contribution in [0.1, 0.15) is 5.56 Å². The maximum atomic E-state index is 13.2. The lowest BCUT2D eigenvalue weighted by Crippen LogP contribution is -2.05. The summed E-state index contributed by atoms with van der Waals surface area (Å²) in [5.74, 6) is 2.65. The second kappa shape index (κ2) is 4.54. The maximum Gasteiger partial charge on any atom is 0.168 e. The molecule has 0 aromatic heterocycles. The minimum absolute atomic E-state index is 0.0241. The fraction of sp³-hybridized carbons (Fsp3) is 0.250. The van der Waals surface area contributed by atoms with Crippen LogP contribution in [-0.2, 0) is 11.4 Å². The number of nitrogens with two attached hydrogens (primary N) is 1. The van der Waals surface area contributed by atoms with Crippen LogP contribution in [0.25, 0.3) is 0 Å². The molecule has 0 amide bonds. The number of hydrogen-bond donors (Lipinski definition) is 1. The third-order valence-corrected chi connectivity index (χ3v) is 1.93. The lowest BCUT2D eigenvalue weighted by molar-refractivity contribution is 0.118. The zero-order valence-corrected chi connectivity index (χ0v) is 8.07. The molecule has 0 aliphatic heterocycles. The molecule has 1 aromatic rings.